The fourth-order valence-electron chi connectivity index (χ4n) is 2.18. The highest BCUT2D eigenvalue weighted by Gasteiger charge is 2.24. The molecule has 5 nitrogen and oxygen atoms in total. The lowest BCUT2D eigenvalue weighted by Crippen LogP contribution is -2.39. The smallest absolute Gasteiger partial charge is 0.410 e. The van der Waals surface area contributed by atoms with Crippen LogP contribution in [0.15, 0.2) is 11.7 Å². The van der Waals surface area contributed by atoms with Crippen molar-refractivity contribution in [3.63, 3.8) is 0 Å². The first-order valence-electron chi connectivity index (χ1n) is 7.02. The van der Waals surface area contributed by atoms with Gasteiger partial charge < -0.3 is 9.64 Å². The number of thiazole rings is 1. The highest BCUT2D eigenvalue weighted by molar-refractivity contribution is 7.09. The monoisotopic (exact) mass is 297 g/mol. The Kier molecular flexibility index (Phi) is 4.99. The molecule has 0 aromatic carbocycles. The fraction of sp³-hybridized carbons (Fsp3) is 0.714. The number of amides is 1. The Balaban J connectivity index is 1.84. The summed E-state index contributed by atoms with van der Waals surface area (Å²) in [6, 6.07) is 0. The second-order valence-electron chi connectivity index (χ2n) is 6.06. The van der Waals surface area contributed by atoms with E-state index in [1.807, 2.05) is 37.4 Å². The van der Waals surface area contributed by atoms with Gasteiger partial charge in [-0.05, 0) is 27.2 Å². The summed E-state index contributed by atoms with van der Waals surface area (Å²) in [5, 5.41) is 0. The molecule has 1 saturated heterocycles. The third-order valence-corrected chi connectivity index (χ3v) is 3.87. The van der Waals surface area contributed by atoms with Gasteiger partial charge in [-0.15, -0.1) is 11.3 Å². The molecule has 0 aliphatic carbocycles. The van der Waals surface area contributed by atoms with E-state index < -0.39 is 5.60 Å². The maximum absolute atomic E-state index is 12.1. The number of hydrogen-bond donors (Lipinski definition) is 0. The van der Waals surface area contributed by atoms with Crippen molar-refractivity contribution >= 4 is 17.4 Å². The Bertz CT molecular complexity index is 428. The van der Waals surface area contributed by atoms with Crippen molar-refractivity contribution in [2.75, 3.05) is 26.2 Å². The number of carbonyl (C=O) groups excluding carboxylic acids is 1. The molecule has 0 radical (unpaired) electrons. The number of nitrogens with zero attached hydrogens (tertiary/aromatic N) is 3. The summed E-state index contributed by atoms with van der Waals surface area (Å²) in [4.78, 5) is 21.6. The molecule has 0 spiro atoms. The molecule has 1 aliphatic rings. The molecule has 1 aromatic heterocycles. The summed E-state index contributed by atoms with van der Waals surface area (Å²) in [5.74, 6) is 0. The van der Waals surface area contributed by atoms with Crippen molar-refractivity contribution in [2.24, 2.45) is 0 Å². The van der Waals surface area contributed by atoms with E-state index in [1.165, 1.54) is 4.88 Å². The second kappa shape index (κ2) is 6.54. The molecule has 1 aromatic rings. The summed E-state index contributed by atoms with van der Waals surface area (Å²) in [5.41, 5.74) is 1.44. The molecular weight excluding hydrogens is 274 g/mol. The van der Waals surface area contributed by atoms with Crippen LogP contribution in [0.5, 0.6) is 0 Å². The largest absolute Gasteiger partial charge is 0.444 e. The number of rotatable bonds is 2. The number of carbonyl (C=O) groups is 1. The molecule has 0 unspecified atom stereocenters. The first kappa shape index (κ1) is 15.3. The van der Waals surface area contributed by atoms with Gasteiger partial charge in [0.05, 0.1) is 5.51 Å². The highest BCUT2D eigenvalue weighted by atomic mass is 32.1. The van der Waals surface area contributed by atoms with Crippen LogP contribution in [0.4, 0.5) is 4.79 Å². The first-order valence-corrected chi connectivity index (χ1v) is 7.90. The maximum Gasteiger partial charge on any atom is 0.410 e. The minimum Gasteiger partial charge on any atom is -0.444 e. The van der Waals surface area contributed by atoms with Crippen molar-refractivity contribution in [3.05, 3.63) is 16.6 Å². The normalized spacial score (nSPS) is 17.9. The molecule has 2 heterocycles. The predicted octanol–water partition coefficient (Wildman–Crippen LogP) is 2.59. The van der Waals surface area contributed by atoms with E-state index in [4.69, 9.17) is 4.74 Å². The Morgan fingerprint density at radius 3 is 2.80 bits per heavy atom. The van der Waals surface area contributed by atoms with Gasteiger partial charge in [0, 0.05) is 43.8 Å². The Labute approximate surface area is 124 Å². The average molecular weight is 297 g/mol. The first-order chi connectivity index (χ1) is 9.44. The van der Waals surface area contributed by atoms with E-state index in [9.17, 15) is 4.79 Å². The molecule has 1 amide bonds. The van der Waals surface area contributed by atoms with Crippen LogP contribution in [-0.2, 0) is 11.3 Å². The topological polar surface area (TPSA) is 45.7 Å². The Morgan fingerprint density at radius 1 is 1.35 bits per heavy atom. The third-order valence-electron chi connectivity index (χ3n) is 3.10. The third kappa shape index (κ3) is 4.76. The lowest BCUT2D eigenvalue weighted by Gasteiger charge is -2.26. The lowest BCUT2D eigenvalue weighted by atomic mass is 10.2. The van der Waals surface area contributed by atoms with Gasteiger partial charge >= 0.3 is 6.09 Å². The number of ether oxygens (including phenoxy) is 1. The predicted molar refractivity (Wildman–Crippen MR) is 79.8 cm³/mol. The van der Waals surface area contributed by atoms with Crippen LogP contribution >= 0.6 is 11.3 Å². The molecule has 1 fully saturated rings. The Morgan fingerprint density at radius 2 is 2.15 bits per heavy atom. The summed E-state index contributed by atoms with van der Waals surface area (Å²) in [7, 11) is 0. The van der Waals surface area contributed by atoms with Gasteiger partial charge in [0.2, 0.25) is 0 Å². The van der Waals surface area contributed by atoms with E-state index in [-0.39, 0.29) is 6.09 Å². The van der Waals surface area contributed by atoms with E-state index in [0.717, 1.165) is 39.1 Å². The molecule has 0 atom stereocenters. The fourth-order valence-corrected chi connectivity index (χ4v) is 2.81. The summed E-state index contributed by atoms with van der Waals surface area (Å²) in [6.45, 7) is 10.0. The van der Waals surface area contributed by atoms with E-state index in [0.29, 0.717) is 0 Å². The van der Waals surface area contributed by atoms with Crippen molar-refractivity contribution < 1.29 is 9.53 Å². The molecule has 6 heteroatoms. The number of aromatic nitrogens is 1. The van der Waals surface area contributed by atoms with Crippen molar-refractivity contribution in [3.8, 4) is 0 Å². The van der Waals surface area contributed by atoms with Crippen LogP contribution in [0.1, 0.15) is 32.1 Å². The maximum atomic E-state index is 12.1. The molecular formula is C14H23N3O2S. The summed E-state index contributed by atoms with van der Waals surface area (Å²) < 4.78 is 5.43. The van der Waals surface area contributed by atoms with Crippen LogP contribution in [0, 0.1) is 0 Å². The van der Waals surface area contributed by atoms with Crippen molar-refractivity contribution in [1.82, 2.24) is 14.8 Å². The Hall–Kier alpha value is -1.14. The van der Waals surface area contributed by atoms with E-state index in [2.05, 4.69) is 9.88 Å². The molecule has 112 valence electrons. The molecule has 0 bridgehead atoms. The quantitative estimate of drug-likeness (QED) is 0.842. The molecule has 0 saturated carbocycles. The van der Waals surface area contributed by atoms with Crippen LogP contribution in [0.3, 0.4) is 0 Å². The van der Waals surface area contributed by atoms with Crippen LogP contribution in [-0.4, -0.2) is 52.7 Å². The minimum absolute atomic E-state index is 0.197. The molecule has 2 rings (SSSR count). The molecule has 20 heavy (non-hydrogen) atoms. The van der Waals surface area contributed by atoms with Crippen LogP contribution < -0.4 is 0 Å². The van der Waals surface area contributed by atoms with Gasteiger partial charge in [0.15, 0.2) is 0 Å². The van der Waals surface area contributed by atoms with Crippen LogP contribution in [0.2, 0.25) is 0 Å². The standard InChI is InChI=1S/C14H23N3O2S/c1-14(2,3)19-13(18)17-6-4-5-16(7-8-17)10-12-9-15-11-20-12/h9,11H,4-8,10H2,1-3H3. The second-order valence-corrected chi connectivity index (χ2v) is 7.04. The number of hydrogen-bond acceptors (Lipinski definition) is 5. The van der Waals surface area contributed by atoms with Gasteiger partial charge in [-0.2, -0.15) is 0 Å². The van der Waals surface area contributed by atoms with E-state index in [1.54, 1.807) is 11.3 Å². The van der Waals surface area contributed by atoms with Gasteiger partial charge in [-0.25, -0.2) is 4.79 Å². The highest BCUT2D eigenvalue weighted by Crippen LogP contribution is 2.14. The minimum atomic E-state index is -0.425. The summed E-state index contributed by atoms with van der Waals surface area (Å²) >= 11 is 1.68. The van der Waals surface area contributed by atoms with Crippen LogP contribution in [0.25, 0.3) is 0 Å². The van der Waals surface area contributed by atoms with Crippen molar-refractivity contribution in [1.29, 1.82) is 0 Å². The zero-order valence-electron chi connectivity index (χ0n) is 12.5. The van der Waals surface area contributed by atoms with Gasteiger partial charge in [0.25, 0.3) is 0 Å². The molecule has 0 N–H and O–H groups in total. The van der Waals surface area contributed by atoms with Gasteiger partial charge in [0.1, 0.15) is 5.60 Å². The SMILES string of the molecule is CC(C)(C)OC(=O)N1CCCN(Cc2cncs2)CC1. The zero-order valence-corrected chi connectivity index (χ0v) is 13.3. The summed E-state index contributed by atoms with van der Waals surface area (Å²) in [6.07, 6.45) is 2.70. The molecule has 1 aliphatic heterocycles. The lowest BCUT2D eigenvalue weighted by molar-refractivity contribution is 0.0257. The van der Waals surface area contributed by atoms with E-state index >= 15 is 0 Å². The zero-order chi connectivity index (χ0) is 14.6. The average Bonchev–Trinajstić information content (AvgIpc) is 2.72. The van der Waals surface area contributed by atoms with Gasteiger partial charge in [-0.3, -0.25) is 9.88 Å². The van der Waals surface area contributed by atoms with Gasteiger partial charge in [-0.1, -0.05) is 0 Å². The van der Waals surface area contributed by atoms with Crippen molar-refractivity contribution in [2.45, 2.75) is 39.3 Å².